The second-order valence-corrected chi connectivity index (χ2v) is 5.81. The molecule has 0 bridgehead atoms. The van der Waals surface area contributed by atoms with Gasteiger partial charge in [-0.05, 0) is 30.0 Å². The molecule has 1 aromatic carbocycles. The van der Waals surface area contributed by atoms with E-state index in [1.165, 1.54) is 27.1 Å². The molecule has 1 saturated carbocycles. The number of benzene rings is 1. The number of nitrogens with one attached hydrogen (secondary N) is 1. The Balaban J connectivity index is 2.09. The van der Waals surface area contributed by atoms with Gasteiger partial charge in [-0.3, -0.25) is 9.59 Å². The number of hydrogen-bond acceptors (Lipinski definition) is 4. The summed E-state index contributed by atoms with van der Waals surface area (Å²) in [7, 11) is 3.05. The first-order chi connectivity index (χ1) is 11.0. The molecule has 0 heterocycles. The predicted octanol–water partition coefficient (Wildman–Crippen LogP) is 2.53. The fourth-order valence-corrected chi connectivity index (χ4v) is 2.50. The maximum atomic E-state index is 12.1. The molecule has 2 rings (SSSR count). The number of carbonyl (C=O) groups excluding carboxylic acids is 1. The van der Waals surface area contributed by atoms with E-state index in [1.807, 2.05) is 0 Å². The Kier molecular flexibility index (Phi) is 5.84. The molecule has 0 spiro atoms. The van der Waals surface area contributed by atoms with Gasteiger partial charge in [0.25, 0.3) is 0 Å². The van der Waals surface area contributed by atoms with Crippen LogP contribution in [-0.2, 0) is 9.59 Å². The van der Waals surface area contributed by atoms with Crippen molar-refractivity contribution in [3.05, 3.63) is 23.8 Å². The highest BCUT2D eigenvalue weighted by Crippen LogP contribution is 2.34. The third-order valence-electron chi connectivity index (χ3n) is 4.00. The Labute approximate surface area is 135 Å². The Hall–Kier alpha value is -2.24. The minimum absolute atomic E-state index is 0.113. The number of methoxy groups -OCH3 is 2. The molecule has 0 radical (unpaired) electrons. The quantitative estimate of drug-likeness (QED) is 0.730. The highest BCUT2D eigenvalue weighted by Gasteiger charge is 2.24. The van der Waals surface area contributed by atoms with Gasteiger partial charge in [0, 0.05) is 6.42 Å². The molecule has 0 aliphatic heterocycles. The number of hydrogen-bond donors (Lipinski definition) is 2. The van der Waals surface area contributed by atoms with Crippen LogP contribution in [0.15, 0.2) is 18.2 Å². The lowest BCUT2D eigenvalue weighted by atomic mass is 10.0. The third-order valence-corrected chi connectivity index (χ3v) is 4.00. The van der Waals surface area contributed by atoms with Gasteiger partial charge >= 0.3 is 5.97 Å². The molecule has 2 N–H and O–H groups in total. The number of rotatable bonds is 9. The molecule has 1 aliphatic rings. The molecule has 1 atom stereocenters. The summed E-state index contributed by atoms with van der Waals surface area (Å²) in [6, 6.07) is 4.57. The van der Waals surface area contributed by atoms with Crippen LogP contribution in [0.4, 0.5) is 0 Å². The van der Waals surface area contributed by atoms with Crippen LogP contribution in [0.5, 0.6) is 11.5 Å². The monoisotopic (exact) mass is 321 g/mol. The average Bonchev–Trinajstić information content (AvgIpc) is 3.35. The Morgan fingerprint density at radius 3 is 2.52 bits per heavy atom. The zero-order chi connectivity index (χ0) is 16.8. The minimum atomic E-state index is -0.965. The van der Waals surface area contributed by atoms with E-state index in [1.54, 1.807) is 18.2 Å². The topological polar surface area (TPSA) is 84.9 Å². The second-order valence-electron chi connectivity index (χ2n) is 5.81. The van der Waals surface area contributed by atoms with E-state index in [4.69, 9.17) is 14.6 Å². The van der Waals surface area contributed by atoms with Gasteiger partial charge in [-0.2, -0.15) is 0 Å². The van der Waals surface area contributed by atoms with Crippen LogP contribution in [0.2, 0.25) is 0 Å². The molecule has 0 saturated heterocycles. The second kappa shape index (κ2) is 7.85. The molecule has 1 fully saturated rings. The Morgan fingerprint density at radius 1 is 1.26 bits per heavy atom. The summed E-state index contributed by atoms with van der Waals surface area (Å²) in [5.74, 6) is 0.656. The maximum Gasteiger partial charge on any atom is 0.305 e. The molecule has 1 aromatic rings. The van der Waals surface area contributed by atoms with Crippen LogP contribution in [0.25, 0.3) is 0 Å². The third kappa shape index (κ3) is 5.16. The van der Waals surface area contributed by atoms with Crippen LogP contribution in [0, 0.1) is 5.92 Å². The summed E-state index contributed by atoms with van der Waals surface area (Å²) in [4.78, 5) is 23.2. The number of amides is 1. The van der Waals surface area contributed by atoms with Gasteiger partial charge in [0.05, 0.1) is 26.7 Å². The summed E-state index contributed by atoms with van der Waals surface area (Å²) in [6.07, 6.45) is 3.53. The van der Waals surface area contributed by atoms with Crippen molar-refractivity contribution in [1.29, 1.82) is 0 Å². The van der Waals surface area contributed by atoms with Gasteiger partial charge in [0.15, 0.2) is 11.5 Å². The van der Waals surface area contributed by atoms with Crippen LogP contribution >= 0.6 is 0 Å². The zero-order valence-corrected chi connectivity index (χ0v) is 13.5. The fraction of sp³-hybridized carbons (Fsp3) is 0.529. The smallest absolute Gasteiger partial charge is 0.305 e. The zero-order valence-electron chi connectivity index (χ0n) is 13.5. The van der Waals surface area contributed by atoms with Crippen molar-refractivity contribution in [2.75, 3.05) is 14.2 Å². The van der Waals surface area contributed by atoms with Gasteiger partial charge in [0.2, 0.25) is 5.91 Å². The molecule has 1 amide bonds. The molecule has 126 valence electrons. The number of aliphatic carboxylic acids is 1. The summed E-state index contributed by atoms with van der Waals surface area (Å²) in [5, 5.41) is 11.9. The Bertz CT molecular complexity index is 568. The number of carboxylic acid groups (broad SMARTS) is 1. The molecular weight excluding hydrogens is 298 g/mol. The van der Waals surface area contributed by atoms with Crippen molar-refractivity contribution >= 4 is 11.9 Å². The first-order valence-electron chi connectivity index (χ1n) is 7.76. The van der Waals surface area contributed by atoms with Gasteiger partial charge in [0.1, 0.15) is 0 Å². The molecule has 1 aliphatic carbocycles. The van der Waals surface area contributed by atoms with Crippen LogP contribution < -0.4 is 14.8 Å². The summed E-state index contributed by atoms with van der Waals surface area (Å²) >= 11 is 0. The lowest BCUT2D eigenvalue weighted by molar-refractivity contribution is -0.137. The van der Waals surface area contributed by atoms with Crippen molar-refractivity contribution in [2.24, 2.45) is 5.92 Å². The molecule has 1 unspecified atom stereocenters. The van der Waals surface area contributed by atoms with E-state index >= 15 is 0 Å². The number of carbonyl (C=O) groups is 2. The average molecular weight is 321 g/mol. The van der Waals surface area contributed by atoms with Gasteiger partial charge in [-0.25, -0.2) is 0 Å². The largest absolute Gasteiger partial charge is 0.493 e. The molecule has 6 heteroatoms. The van der Waals surface area contributed by atoms with E-state index in [9.17, 15) is 9.59 Å². The molecule has 0 aromatic heterocycles. The molecular formula is C17H23NO5. The maximum absolute atomic E-state index is 12.1. The van der Waals surface area contributed by atoms with E-state index in [0.717, 1.165) is 6.42 Å². The van der Waals surface area contributed by atoms with Gasteiger partial charge in [-0.1, -0.05) is 18.9 Å². The highest BCUT2D eigenvalue weighted by molar-refractivity contribution is 5.77. The van der Waals surface area contributed by atoms with Crippen LogP contribution in [-0.4, -0.2) is 31.2 Å². The van der Waals surface area contributed by atoms with Crippen LogP contribution in [0.1, 0.15) is 43.7 Å². The lowest BCUT2D eigenvalue weighted by Crippen LogP contribution is -2.30. The van der Waals surface area contributed by atoms with E-state index in [2.05, 4.69) is 5.32 Å². The SMILES string of the molecule is COc1ccc(C(CC(=O)O)NC(=O)CCC2CC2)cc1OC. The van der Waals surface area contributed by atoms with Crippen molar-refractivity contribution in [3.8, 4) is 11.5 Å². The van der Waals surface area contributed by atoms with E-state index < -0.39 is 12.0 Å². The fourth-order valence-electron chi connectivity index (χ4n) is 2.50. The standard InChI is InChI=1S/C17H23NO5/c1-22-14-7-6-12(9-15(14)23-2)13(10-17(20)21)18-16(19)8-5-11-3-4-11/h6-7,9,11,13H,3-5,8,10H2,1-2H3,(H,18,19)(H,20,21). The van der Waals surface area contributed by atoms with E-state index in [-0.39, 0.29) is 12.3 Å². The lowest BCUT2D eigenvalue weighted by Gasteiger charge is -2.19. The number of carboxylic acids is 1. The molecule has 6 nitrogen and oxygen atoms in total. The first-order valence-corrected chi connectivity index (χ1v) is 7.76. The van der Waals surface area contributed by atoms with Crippen molar-refractivity contribution in [2.45, 2.75) is 38.1 Å². The predicted molar refractivity (Wildman–Crippen MR) is 84.6 cm³/mol. The summed E-state index contributed by atoms with van der Waals surface area (Å²) < 4.78 is 10.4. The first kappa shape index (κ1) is 17.1. The molecule has 23 heavy (non-hydrogen) atoms. The number of ether oxygens (including phenoxy) is 2. The van der Waals surface area contributed by atoms with Gasteiger partial charge in [-0.15, -0.1) is 0 Å². The van der Waals surface area contributed by atoms with Crippen molar-refractivity contribution in [1.82, 2.24) is 5.32 Å². The van der Waals surface area contributed by atoms with Crippen molar-refractivity contribution < 1.29 is 24.2 Å². The Morgan fingerprint density at radius 2 is 1.96 bits per heavy atom. The van der Waals surface area contributed by atoms with E-state index in [0.29, 0.717) is 29.4 Å². The van der Waals surface area contributed by atoms with Crippen molar-refractivity contribution in [3.63, 3.8) is 0 Å². The van der Waals surface area contributed by atoms with Crippen LogP contribution in [0.3, 0.4) is 0 Å². The highest BCUT2D eigenvalue weighted by atomic mass is 16.5. The normalized spacial score (nSPS) is 14.9. The minimum Gasteiger partial charge on any atom is -0.493 e. The summed E-state index contributed by atoms with van der Waals surface area (Å²) in [5.41, 5.74) is 0.685. The van der Waals surface area contributed by atoms with Gasteiger partial charge < -0.3 is 19.9 Å². The summed E-state index contributed by atoms with van der Waals surface area (Å²) in [6.45, 7) is 0.